The van der Waals surface area contributed by atoms with Crippen LogP contribution in [0.5, 0.6) is 0 Å². The predicted octanol–water partition coefficient (Wildman–Crippen LogP) is 5.70. The van der Waals surface area contributed by atoms with E-state index in [0.29, 0.717) is 6.79 Å². The second-order valence-electron chi connectivity index (χ2n) is 5.78. The molecule has 0 radical (unpaired) electrons. The summed E-state index contributed by atoms with van der Waals surface area (Å²) in [5, 5.41) is 0. The summed E-state index contributed by atoms with van der Waals surface area (Å²) < 4.78 is 10.9. The standard InChI is InChI=1S/C19H36O2/c1-3-5-7-9-10-11-12-14-16-18-21-19-20-17-15-13-8-6-4-2/h1H,4-19H2,2H3. The number of ether oxygens (including phenoxy) is 2. The lowest BCUT2D eigenvalue weighted by atomic mass is 10.1. The molecular formula is C19H36O2. The van der Waals surface area contributed by atoms with Crippen molar-refractivity contribution in [3.05, 3.63) is 0 Å². The van der Waals surface area contributed by atoms with Crippen LogP contribution in [-0.4, -0.2) is 20.0 Å². The fourth-order valence-electron chi connectivity index (χ4n) is 2.30. The van der Waals surface area contributed by atoms with Gasteiger partial charge in [0.05, 0.1) is 0 Å². The van der Waals surface area contributed by atoms with Gasteiger partial charge < -0.3 is 9.47 Å². The molecule has 0 aromatic carbocycles. The Bertz CT molecular complexity index is 220. The third-order valence-electron chi connectivity index (χ3n) is 3.67. The first kappa shape index (κ1) is 20.5. The van der Waals surface area contributed by atoms with Gasteiger partial charge >= 0.3 is 0 Å². The van der Waals surface area contributed by atoms with Gasteiger partial charge in [-0.05, 0) is 19.3 Å². The normalized spacial score (nSPS) is 10.7. The summed E-state index contributed by atoms with van der Waals surface area (Å²) in [6.07, 6.45) is 21.5. The highest BCUT2D eigenvalue weighted by Gasteiger charge is 1.93. The van der Waals surface area contributed by atoms with Crippen molar-refractivity contribution in [2.45, 2.75) is 90.4 Å². The van der Waals surface area contributed by atoms with Gasteiger partial charge in [-0.25, -0.2) is 0 Å². The molecule has 0 aliphatic carbocycles. The van der Waals surface area contributed by atoms with Crippen LogP contribution in [0.4, 0.5) is 0 Å². The van der Waals surface area contributed by atoms with E-state index in [0.717, 1.165) is 26.1 Å². The molecule has 0 fully saturated rings. The van der Waals surface area contributed by atoms with E-state index in [9.17, 15) is 0 Å². The Morgan fingerprint density at radius 1 is 0.667 bits per heavy atom. The second-order valence-corrected chi connectivity index (χ2v) is 5.78. The van der Waals surface area contributed by atoms with Crippen LogP contribution in [-0.2, 0) is 9.47 Å². The first-order chi connectivity index (χ1) is 10.4. The quantitative estimate of drug-likeness (QED) is 0.195. The number of unbranched alkanes of at least 4 members (excludes halogenated alkanes) is 11. The molecule has 0 N–H and O–H groups in total. The predicted molar refractivity (Wildman–Crippen MR) is 91.3 cm³/mol. The minimum Gasteiger partial charge on any atom is -0.355 e. The molecule has 0 aliphatic heterocycles. The first-order valence-corrected chi connectivity index (χ1v) is 9.00. The van der Waals surface area contributed by atoms with E-state index < -0.39 is 0 Å². The Morgan fingerprint density at radius 3 is 1.67 bits per heavy atom. The van der Waals surface area contributed by atoms with E-state index in [4.69, 9.17) is 15.9 Å². The van der Waals surface area contributed by atoms with Crippen molar-refractivity contribution >= 4 is 0 Å². The molecule has 0 atom stereocenters. The van der Waals surface area contributed by atoms with Gasteiger partial charge in [-0.2, -0.15) is 0 Å². The number of rotatable bonds is 17. The average Bonchev–Trinajstić information content (AvgIpc) is 2.50. The molecule has 0 rings (SSSR count). The monoisotopic (exact) mass is 296 g/mol. The highest BCUT2D eigenvalue weighted by Crippen LogP contribution is 2.08. The lowest BCUT2D eigenvalue weighted by Crippen LogP contribution is -2.03. The molecule has 124 valence electrons. The van der Waals surface area contributed by atoms with Gasteiger partial charge in [-0.3, -0.25) is 0 Å². The van der Waals surface area contributed by atoms with Gasteiger partial charge in [0, 0.05) is 19.6 Å². The lowest BCUT2D eigenvalue weighted by molar-refractivity contribution is -0.0556. The third-order valence-corrected chi connectivity index (χ3v) is 3.67. The molecular weight excluding hydrogens is 260 g/mol. The SMILES string of the molecule is C#CCCCCCCCCCOCOCCCCCCC. The molecule has 0 heterocycles. The van der Waals surface area contributed by atoms with Crippen molar-refractivity contribution in [2.75, 3.05) is 20.0 Å². The molecule has 2 heteroatoms. The highest BCUT2D eigenvalue weighted by molar-refractivity contribution is 4.82. The van der Waals surface area contributed by atoms with Crippen molar-refractivity contribution in [1.29, 1.82) is 0 Å². The highest BCUT2D eigenvalue weighted by atomic mass is 16.7. The van der Waals surface area contributed by atoms with Gasteiger partial charge in [-0.1, -0.05) is 64.7 Å². The number of terminal acetylenes is 1. The van der Waals surface area contributed by atoms with E-state index in [1.165, 1.54) is 70.6 Å². The fourth-order valence-corrected chi connectivity index (χ4v) is 2.30. The van der Waals surface area contributed by atoms with Gasteiger partial charge in [0.2, 0.25) is 0 Å². The largest absolute Gasteiger partial charge is 0.355 e. The molecule has 21 heavy (non-hydrogen) atoms. The molecule has 0 saturated carbocycles. The smallest absolute Gasteiger partial charge is 0.146 e. The van der Waals surface area contributed by atoms with Crippen LogP contribution in [0.1, 0.15) is 90.4 Å². The van der Waals surface area contributed by atoms with Gasteiger partial charge in [0.1, 0.15) is 6.79 Å². The maximum absolute atomic E-state index is 5.48. The fraction of sp³-hybridized carbons (Fsp3) is 0.895. The molecule has 0 unspecified atom stereocenters. The van der Waals surface area contributed by atoms with Crippen LogP contribution >= 0.6 is 0 Å². The zero-order chi connectivity index (χ0) is 15.4. The van der Waals surface area contributed by atoms with E-state index in [1.54, 1.807) is 0 Å². The zero-order valence-corrected chi connectivity index (χ0v) is 14.2. The van der Waals surface area contributed by atoms with Crippen molar-refractivity contribution in [2.24, 2.45) is 0 Å². The van der Waals surface area contributed by atoms with Gasteiger partial charge in [-0.15, -0.1) is 12.3 Å². The van der Waals surface area contributed by atoms with Crippen LogP contribution in [0.25, 0.3) is 0 Å². The van der Waals surface area contributed by atoms with E-state index in [-0.39, 0.29) is 0 Å². The lowest BCUT2D eigenvalue weighted by Gasteiger charge is -2.06. The van der Waals surface area contributed by atoms with Crippen molar-refractivity contribution in [3.8, 4) is 12.3 Å². The second kappa shape index (κ2) is 19.5. The van der Waals surface area contributed by atoms with Crippen LogP contribution in [0.3, 0.4) is 0 Å². The topological polar surface area (TPSA) is 18.5 Å². The molecule has 0 saturated heterocycles. The maximum Gasteiger partial charge on any atom is 0.146 e. The Balaban J connectivity index is 2.92. The van der Waals surface area contributed by atoms with Crippen LogP contribution in [0.15, 0.2) is 0 Å². The summed E-state index contributed by atoms with van der Waals surface area (Å²) in [7, 11) is 0. The molecule has 0 bridgehead atoms. The van der Waals surface area contributed by atoms with Crippen LogP contribution < -0.4 is 0 Å². The minimum absolute atomic E-state index is 0.472. The molecule has 0 aromatic rings. The van der Waals surface area contributed by atoms with Crippen LogP contribution in [0, 0.1) is 12.3 Å². The number of hydrogen-bond donors (Lipinski definition) is 0. The maximum atomic E-state index is 5.48. The molecule has 0 aromatic heterocycles. The summed E-state index contributed by atoms with van der Waals surface area (Å²) in [6.45, 7) is 4.40. The first-order valence-electron chi connectivity index (χ1n) is 9.00. The number of hydrogen-bond acceptors (Lipinski definition) is 2. The summed E-state index contributed by atoms with van der Waals surface area (Å²) in [5.74, 6) is 2.69. The Morgan fingerprint density at radius 2 is 1.14 bits per heavy atom. The third kappa shape index (κ3) is 19.5. The van der Waals surface area contributed by atoms with E-state index >= 15 is 0 Å². The van der Waals surface area contributed by atoms with E-state index in [1.807, 2.05) is 0 Å². The van der Waals surface area contributed by atoms with Crippen LogP contribution in [0.2, 0.25) is 0 Å². The summed E-state index contributed by atoms with van der Waals surface area (Å²) in [6, 6.07) is 0. The summed E-state index contributed by atoms with van der Waals surface area (Å²) in [5.41, 5.74) is 0. The minimum atomic E-state index is 0.472. The molecule has 2 nitrogen and oxygen atoms in total. The van der Waals surface area contributed by atoms with Gasteiger partial charge in [0.15, 0.2) is 0 Å². The van der Waals surface area contributed by atoms with Crippen molar-refractivity contribution < 1.29 is 9.47 Å². The van der Waals surface area contributed by atoms with Crippen molar-refractivity contribution in [3.63, 3.8) is 0 Å². The van der Waals surface area contributed by atoms with E-state index in [2.05, 4.69) is 12.8 Å². The Hall–Kier alpha value is -0.520. The Labute approximate surface area is 133 Å². The van der Waals surface area contributed by atoms with Crippen molar-refractivity contribution in [1.82, 2.24) is 0 Å². The molecule has 0 spiro atoms. The summed E-state index contributed by atoms with van der Waals surface area (Å²) in [4.78, 5) is 0. The zero-order valence-electron chi connectivity index (χ0n) is 14.2. The molecule has 0 amide bonds. The average molecular weight is 296 g/mol. The Kier molecular flexibility index (Phi) is 19.0. The molecule has 0 aliphatic rings. The van der Waals surface area contributed by atoms with Gasteiger partial charge in [0.25, 0.3) is 0 Å². The summed E-state index contributed by atoms with van der Waals surface area (Å²) >= 11 is 0.